The number of nitrogens with zero attached hydrogens (tertiary/aromatic N) is 1. The van der Waals surface area contributed by atoms with Crippen molar-refractivity contribution in [2.45, 2.75) is 45.4 Å². The molecular formula is C17H28N2O2. The molecule has 1 aromatic rings. The zero-order chi connectivity index (χ0) is 15.5. The third kappa shape index (κ3) is 6.17. The molecule has 0 spiro atoms. The van der Waals surface area contributed by atoms with E-state index in [4.69, 9.17) is 10.5 Å². The van der Waals surface area contributed by atoms with Gasteiger partial charge in [-0.15, -0.1) is 0 Å². The van der Waals surface area contributed by atoms with E-state index < -0.39 is 0 Å². The summed E-state index contributed by atoms with van der Waals surface area (Å²) in [5.41, 5.74) is 6.50. The van der Waals surface area contributed by atoms with Crippen LogP contribution in [0.1, 0.15) is 45.4 Å². The Morgan fingerprint density at radius 1 is 1.14 bits per heavy atom. The number of amides is 1. The Bertz CT molecular complexity index is 404. The molecule has 0 saturated heterocycles. The van der Waals surface area contributed by atoms with E-state index in [0.29, 0.717) is 19.5 Å². The van der Waals surface area contributed by atoms with Gasteiger partial charge in [-0.25, -0.2) is 0 Å². The number of carbonyl (C=O) groups excluding carboxylic acids is 1. The predicted octanol–water partition coefficient (Wildman–Crippen LogP) is 3.35. The van der Waals surface area contributed by atoms with Crippen molar-refractivity contribution in [3.63, 3.8) is 0 Å². The lowest BCUT2D eigenvalue weighted by Crippen LogP contribution is -2.32. The number of benzene rings is 1. The summed E-state index contributed by atoms with van der Waals surface area (Å²) in [6.07, 6.45) is 5.88. The lowest BCUT2D eigenvalue weighted by Gasteiger charge is -2.23. The van der Waals surface area contributed by atoms with Crippen LogP contribution in [0.25, 0.3) is 0 Å². The van der Waals surface area contributed by atoms with Gasteiger partial charge in [0.1, 0.15) is 5.75 Å². The summed E-state index contributed by atoms with van der Waals surface area (Å²) in [6.45, 7) is 3.44. The summed E-state index contributed by atoms with van der Waals surface area (Å²) in [6, 6.07) is 7.63. The van der Waals surface area contributed by atoms with E-state index in [1.807, 2.05) is 29.2 Å². The number of rotatable bonds is 10. The van der Waals surface area contributed by atoms with Crippen molar-refractivity contribution >= 4 is 11.6 Å². The summed E-state index contributed by atoms with van der Waals surface area (Å²) in [7, 11) is 1.64. The summed E-state index contributed by atoms with van der Waals surface area (Å²) in [4.78, 5) is 14.3. The number of carbonyl (C=O) groups is 1. The molecule has 4 heteroatoms. The molecule has 0 heterocycles. The number of methoxy groups -OCH3 is 1. The molecule has 4 nitrogen and oxygen atoms in total. The van der Waals surface area contributed by atoms with Gasteiger partial charge in [0.2, 0.25) is 5.91 Å². The Hall–Kier alpha value is -1.55. The van der Waals surface area contributed by atoms with Gasteiger partial charge >= 0.3 is 0 Å². The second-order valence-electron chi connectivity index (χ2n) is 5.20. The molecule has 2 N–H and O–H groups in total. The summed E-state index contributed by atoms with van der Waals surface area (Å²) >= 11 is 0. The third-order valence-electron chi connectivity index (χ3n) is 3.52. The first-order valence-corrected chi connectivity index (χ1v) is 7.87. The number of nitrogens with two attached hydrogens (primary N) is 1. The highest BCUT2D eigenvalue weighted by atomic mass is 16.5. The van der Waals surface area contributed by atoms with Crippen LogP contribution in [0.4, 0.5) is 5.69 Å². The molecule has 118 valence electrons. The van der Waals surface area contributed by atoms with Gasteiger partial charge in [-0.05, 0) is 43.7 Å². The predicted molar refractivity (Wildman–Crippen MR) is 87.8 cm³/mol. The number of hydrogen-bond acceptors (Lipinski definition) is 3. The maximum absolute atomic E-state index is 12.4. The van der Waals surface area contributed by atoms with Crippen LogP contribution in [0.15, 0.2) is 24.3 Å². The van der Waals surface area contributed by atoms with Gasteiger partial charge in [0, 0.05) is 18.7 Å². The fraction of sp³-hybridized carbons (Fsp3) is 0.588. The molecule has 0 aliphatic heterocycles. The molecule has 0 aliphatic rings. The smallest absolute Gasteiger partial charge is 0.226 e. The second kappa shape index (κ2) is 10.2. The van der Waals surface area contributed by atoms with Crippen LogP contribution in [0, 0.1) is 0 Å². The Balaban J connectivity index is 2.66. The van der Waals surface area contributed by atoms with E-state index in [9.17, 15) is 4.79 Å². The Morgan fingerprint density at radius 3 is 2.43 bits per heavy atom. The van der Waals surface area contributed by atoms with Crippen molar-refractivity contribution in [3.05, 3.63) is 24.3 Å². The number of unbranched alkanes of at least 4 members (excludes halogenated alkanes) is 3. The van der Waals surface area contributed by atoms with E-state index in [0.717, 1.165) is 30.7 Å². The molecule has 0 fully saturated rings. The fourth-order valence-corrected chi connectivity index (χ4v) is 2.25. The number of anilines is 1. The quantitative estimate of drug-likeness (QED) is 0.673. The maximum Gasteiger partial charge on any atom is 0.226 e. The minimum atomic E-state index is 0.185. The van der Waals surface area contributed by atoms with Crippen LogP contribution in [0.3, 0.4) is 0 Å². The molecule has 0 saturated carbocycles. The molecular weight excluding hydrogens is 264 g/mol. The van der Waals surface area contributed by atoms with E-state index in [-0.39, 0.29) is 5.91 Å². The molecule has 0 unspecified atom stereocenters. The van der Waals surface area contributed by atoms with E-state index in [2.05, 4.69) is 6.92 Å². The molecule has 1 amide bonds. The van der Waals surface area contributed by atoms with Crippen LogP contribution in [0.5, 0.6) is 5.75 Å². The van der Waals surface area contributed by atoms with Crippen LogP contribution in [0.2, 0.25) is 0 Å². The zero-order valence-electron chi connectivity index (χ0n) is 13.3. The maximum atomic E-state index is 12.4. The molecule has 1 rings (SSSR count). The summed E-state index contributed by atoms with van der Waals surface area (Å²) in [5.74, 6) is 0.984. The molecule has 0 aliphatic carbocycles. The van der Waals surface area contributed by atoms with E-state index in [1.54, 1.807) is 7.11 Å². The van der Waals surface area contributed by atoms with Crippen molar-refractivity contribution in [2.75, 3.05) is 25.1 Å². The lowest BCUT2D eigenvalue weighted by molar-refractivity contribution is -0.118. The van der Waals surface area contributed by atoms with Gasteiger partial charge in [0.25, 0.3) is 0 Å². The molecule has 0 radical (unpaired) electrons. The largest absolute Gasteiger partial charge is 0.497 e. The lowest BCUT2D eigenvalue weighted by atomic mass is 10.1. The van der Waals surface area contributed by atoms with Crippen molar-refractivity contribution in [1.82, 2.24) is 0 Å². The number of hydrogen-bond donors (Lipinski definition) is 1. The minimum Gasteiger partial charge on any atom is -0.497 e. The van der Waals surface area contributed by atoms with Gasteiger partial charge in [-0.3, -0.25) is 4.79 Å². The minimum absolute atomic E-state index is 0.185. The first-order chi connectivity index (χ1) is 10.2. The van der Waals surface area contributed by atoms with E-state index in [1.165, 1.54) is 12.8 Å². The monoisotopic (exact) mass is 292 g/mol. The normalized spacial score (nSPS) is 10.4. The molecule has 0 aromatic heterocycles. The van der Waals surface area contributed by atoms with Crippen LogP contribution in [-0.2, 0) is 4.79 Å². The SMILES string of the molecule is CCCCCCC(=O)N(CCCN)c1ccc(OC)cc1. The highest BCUT2D eigenvalue weighted by molar-refractivity contribution is 5.93. The average molecular weight is 292 g/mol. The average Bonchev–Trinajstić information content (AvgIpc) is 2.52. The third-order valence-corrected chi connectivity index (χ3v) is 3.52. The standard InChI is InChI=1S/C17H28N2O2/c1-3-4-5-6-8-17(20)19(14-7-13-18)15-9-11-16(21-2)12-10-15/h9-12H,3-8,13-14,18H2,1-2H3. The van der Waals surface area contributed by atoms with Crippen molar-refractivity contribution < 1.29 is 9.53 Å². The Kier molecular flexibility index (Phi) is 8.51. The fourth-order valence-electron chi connectivity index (χ4n) is 2.25. The topological polar surface area (TPSA) is 55.6 Å². The molecule has 0 atom stereocenters. The van der Waals surface area contributed by atoms with Gasteiger partial charge in [0.15, 0.2) is 0 Å². The Labute approximate surface area is 128 Å². The van der Waals surface area contributed by atoms with Gasteiger partial charge in [-0.1, -0.05) is 26.2 Å². The first kappa shape index (κ1) is 17.5. The van der Waals surface area contributed by atoms with Gasteiger partial charge in [0.05, 0.1) is 7.11 Å². The summed E-state index contributed by atoms with van der Waals surface area (Å²) < 4.78 is 5.16. The van der Waals surface area contributed by atoms with Gasteiger partial charge in [-0.2, -0.15) is 0 Å². The highest BCUT2D eigenvalue weighted by Gasteiger charge is 2.14. The zero-order valence-corrected chi connectivity index (χ0v) is 13.3. The van der Waals surface area contributed by atoms with Crippen molar-refractivity contribution in [2.24, 2.45) is 5.73 Å². The van der Waals surface area contributed by atoms with Crippen molar-refractivity contribution in [1.29, 1.82) is 0 Å². The molecule has 0 bridgehead atoms. The second-order valence-corrected chi connectivity index (χ2v) is 5.20. The van der Waals surface area contributed by atoms with Crippen molar-refractivity contribution in [3.8, 4) is 5.75 Å². The molecule has 21 heavy (non-hydrogen) atoms. The Morgan fingerprint density at radius 2 is 1.86 bits per heavy atom. The first-order valence-electron chi connectivity index (χ1n) is 7.87. The summed E-state index contributed by atoms with van der Waals surface area (Å²) in [5, 5.41) is 0. The van der Waals surface area contributed by atoms with Crippen LogP contribution >= 0.6 is 0 Å². The van der Waals surface area contributed by atoms with E-state index >= 15 is 0 Å². The van der Waals surface area contributed by atoms with Crippen LogP contribution in [-0.4, -0.2) is 26.1 Å². The van der Waals surface area contributed by atoms with Gasteiger partial charge < -0.3 is 15.4 Å². The number of ether oxygens (including phenoxy) is 1. The molecule has 1 aromatic carbocycles. The van der Waals surface area contributed by atoms with Crippen LogP contribution < -0.4 is 15.4 Å². The highest BCUT2D eigenvalue weighted by Crippen LogP contribution is 2.21.